The van der Waals surface area contributed by atoms with Crippen LogP contribution in [0.3, 0.4) is 0 Å². The first-order valence-corrected chi connectivity index (χ1v) is 9.37. The number of hydrogen-bond acceptors (Lipinski definition) is 3. The third-order valence-electron chi connectivity index (χ3n) is 5.24. The highest BCUT2D eigenvalue weighted by molar-refractivity contribution is 6.07. The van der Waals surface area contributed by atoms with Crippen LogP contribution in [-0.2, 0) is 0 Å². The highest BCUT2D eigenvalue weighted by Gasteiger charge is 2.22. The number of rotatable bonds is 3. The molecule has 142 valence electrons. The number of aromatic amines is 1. The minimum absolute atomic E-state index is 0.0188. The van der Waals surface area contributed by atoms with Gasteiger partial charge < -0.3 is 15.2 Å². The van der Waals surface area contributed by atoms with Crippen molar-refractivity contribution < 1.29 is 9.59 Å². The summed E-state index contributed by atoms with van der Waals surface area (Å²) in [7, 11) is 0. The highest BCUT2D eigenvalue weighted by atomic mass is 16.2. The van der Waals surface area contributed by atoms with Gasteiger partial charge in [0, 0.05) is 41.4 Å². The Bertz CT molecular complexity index is 1130. The van der Waals surface area contributed by atoms with E-state index in [-0.39, 0.29) is 16.9 Å². The van der Waals surface area contributed by atoms with Crippen LogP contribution in [0, 0.1) is 6.92 Å². The number of fused-ring (bicyclic) bond motifs is 1. The zero-order chi connectivity index (χ0) is 19.7. The summed E-state index contributed by atoms with van der Waals surface area (Å²) in [4.78, 5) is 43.0. The molecule has 0 saturated carbocycles. The van der Waals surface area contributed by atoms with Crippen LogP contribution in [0.2, 0.25) is 0 Å². The molecule has 0 bridgehead atoms. The van der Waals surface area contributed by atoms with Crippen molar-refractivity contribution in [2.45, 2.75) is 19.8 Å². The number of likely N-dealkylation sites (tertiary alicyclic amines) is 1. The maximum Gasteiger partial charge on any atom is 0.261 e. The molecule has 2 amide bonds. The first kappa shape index (κ1) is 18.0. The first-order valence-electron chi connectivity index (χ1n) is 9.37. The summed E-state index contributed by atoms with van der Waals surface area (Å²) in [5.41, 5.74) is 2.20. The predicted molar refractivity (Wildman–Crippen MR) is 109 cm³/mol. The van der Waals surface area contributed by atoms with E-state index in [2.05, 4.69) is 10.3 Å². The third-order valence-corrected chi connectivity index (χ3v) is 5.24. The normalized spacial score (nSPS) is 13.7. The molecule has 0 atom stereocenters. The molecule has 0 unspecified atom stereocenters. The van der Waals surface area contributed by atoms with Crippen molar-refractivity contribution in [1.82, 2.24) is 9.88 Å². The molecule has 28 heavy (non-hydrogen) atoms. The Hall–Kier alpha value is -3.41. The van der Waals surface area contributed by atoms with Crippen molar-refractivity contribution in [2.24, 2.45) is 0 Å². The van der Waals surface area contributed by atoms with Crippen LogP contribution < -0.4 is 10.7 Å². The molecule has 1 saturated heterocycles. The van der Waals surface area contributed by atoms with Gasteiger partial charge in [0.2, 0.25) is 5.43 Å². The Labute approximate surface area is 162 Å². The van der Waals surface area contributed by atoms with E-state index in [0.717, 1.165) is 25.9 Å². The Morgan fingerprint density at radius 3 is 2.54 bits per heavy atom. The van der Waals surface area contributed by atoms with Crippen molar-refractivity contribution in [3.8, 4) is 0 Å². The molecule has 1 fully saturated rings. The van der Waals surface area contributed by atoms with Gasteiger partial charge in [-0.25, -0.2) is 0 Å². The average molecular weight is 375 g/mol. The van der Waals surface area contributed by atoms with Crippen molar-refractivity contribution >= 4 is 28.4 Å². The summed E-state index contributed by atoms with van der Waals surface area (Å²) < 4.78 is 0. The molecule has 2 heterocycles. The predicted octanol–water partition coefficient (Wildman–Crippen LogP) is 3.32. The number of carbonyl (C=O) groups is 2. The SMILES string of the molecule is Cc1c(NC(=O)c2c[nH]c3ccccc3c2=O)cccc1C(=O)N1CCCC1. The van der Waals surface area contributed by atoms with Gasteiger partial charge in [0.05, 0.1) is 0 Å². The van der Waals surface area contributed by atoms with Crippen LogP contribution in [0.5, 0.6) is 0 Å². The van der Waals surface area contributed by atoms with Crippen molar-refractivity contribution in [1.29, 1.82) is 0 Å². The number of nitrogens with zero attached hydrogens (tertiary/aromatic N) is 1. The molecule has 2 N–H and O–H groups in total. The number of anilines is 1. The third kappa shape index (κ3) is 3.17. The smallest absolute Gasteiger partial charge is 0.261 e. The summed E-state index contributed by atoms with van der Waals surface area (Å²) in [6.45, 7) is 3.34. The van der Waals surface area contributed by atoms with E-state index >= 15 is 0 Å². The fraction of sp³-hybridized carbons (Fsp3) is 0.227. The lowest BCUT2D eigenvalue weighted by Crippen LogP contribution is -2.28. The zero-order valence-corrected chi connectivity index (χ0v) is 15.6. The number of nitrogens with one attached hydrogen (secondary N) is 2. The molecule has 2 aromatic carbocycles. The minimum atomic E-state index is -0.499. The first-order chi connectivity index (χ1) is 13.6. The Kier molecular flexibility index (Phi) is 4.69. The van der Waals surface area contributed by atoms with Gasteiger partial charge in [-0.05, 0) is 49.6 Å². The molecule has 3 aromatic rings. The van der Waals surface area contributed by atoms with Crippen molar-refractivity contribution in [3.63, 3.8) is 0 Å². The lowest BCUT2D eigenvalue weighted by Gasteiger charge is -2.18. The summed E-state index contributed by atoms with van der Waals surface area (Å²) in [5.74, 6) is -0.518. The summed E-state index contributed by atoms with van der Waals surface area (Å²) in [5, 5.41) is 3.25. The molecule has 6 heteroatoms. The van der Waals surface area contributed by atoms with Crippen molar-refractivity contribution in [2.75, 3.05) is 18.4 Å². The van der Waals surface area contributed by atoms with Gasteiger partial charge in [0.25, 0.3) is 11.8 Å². The van der Waals surface area contributed by atoms with E-state index in [1.165, 1.54) is 6.20 Å². The summed E-state index contributed by atoms with van der Waals surface area (Å²) in [6.07, 6.45) is 3.46. The second-order valence-electron chi connectivity index (χ2n) is 7.01. The molecule has 1 aromatic heterocycles. The highest BCUT2D eigenvalue weighted by Crippen LogP contribution is 2.22. The number of pyridine rings is 1. The maximum atomic E-state index is 12.7. The summed E-state index contributed by atoms with van der Waals surface area (Å²) in [6, 6.07) is 12.3. The van der Waals surface area contributed by atoms with Gasteiger partial charge in [-0.2, -0.15) is 0 Å². The molecule has 1 aliphatic rings. The van der Waals surface area contributed by atoms with Gasteiger partial charge in [-0.15, -0.1) is 0 Å². The van der Waals surface area contributed by atoms with Crippen LogP contribution in [0.1, 0.15) is 39.1 Å². The van der Waals surface area contributed by atoms with E-state index in [9.17, 15) is 14.4 Å². The van der Waals surface area contributed by atoms with E-state index < -0.39 is 5.91 Å². The quantitative estimate of drug-likeness (QED) is 0.737. The standard InChI is InChI=1S/C22H21N3O3/c1-14-15(22(28)25-11-4-5-12-25)8-6-10-18(14)24-21(27)17-13-23-19-9-3-2-7-16(19)20(17)26/h2-3,6-10,13H,4-5,11-12H2,1H3,(H,23,26)(H,24,27). The number of amides is 2. The molecular formula is C22H21N3O3. The second-order valence-corrected chi connectivity index (χ2v) is 7.01. The van der Waals surface area contributed by atoms with E-state index in [1.807, 2.05) is 17.9 Å². The van der Waals surface area contributed by atoms with Crippen molar-refractivity contribution in [3.05, 3.63) is 75.6 Å². The Morgan fingerprint density at radius 2 is 1.75 bits per heavy atom. The molecule has 0 radical (unpaired) electrons. The number of hydrogen-bond donors (Lipinski definition) is 2. The monoisotopic (exact) mass is 375 g/mol. The van der Waals surface area contributed by atoms with Gasteiger partial charge in [-0.1, -0.05) is 18.2 Å². The fourth-order valence-electron chi connectivity index (χ4n) is 3.62. The maximum absolute atomic E-state index is 12.7. The largest absolute Gasteiger partial charge is 0.360 e. The lowest BCUT2D eigenvalue weighted by atomic mass is 10.0. The van der Waals surface area contributed by atoms with E-state index in [1.54, 1.807) is 36.4 Å². The number of aromatic nitrogens is 1. The molecule has 1 aliphatic heterocycles. The molecule has 0 spiro atoms. The van der Waals surface area contributed by atoms with E-state index in [4.69, 9.17) is 0 Å². The number of carbonyl (C=O) groups excluding carboxylic acids is 2. The van der Waals surface area contributed by atoms with Gasteiger partial charge in [-0.3, -0.25) is 14.4 Å². The molecular weight excluding hydrogens is 354 g/mol. The van der Waals surface area contributed by atoms with Gasteiger partial charge in [0.15, 0.2) is 0 Å². The number of H-pyrrole nitrogens is 1. The fourth-order valence-corrected chi connectivity index (χ4v) is 3.62. The number of benzene rings is 2. The Morgan fingerprint density at radius 1 is 1.00 bits per heavy atom. The van der Waals surface area contributed by atoms with Crippen LogP contribution >= 0.6 is 0 Å². The topological polar surface area (TPSA) is 82.3 Å². The Balaban J connectivity index is 1.63. The van der Waals surface area contributed by atoms with Crippen LogP contribution in [0.25, 0.3) is 10.9 Å². The van der Waals surface area contributed by atoms with Crippen LogP contribution in [-0.4, -0.2) is 34.8 Å². The van der Waals surface area contributed by atoms with Gasteiger partial charge in [0.1, 0.15) is 5.56 Å². The second kappa shape index (κ2) is 7.31. The van der Waals surface area contributed by atoms with Crippen LogP contribution in [0.4, 0.5) is 5.69 Å². The summed E-state index contributed by atoms with van der Waals surface area (Å²) >= 11 is 0. The van der Waals surface area contributed by atoms with E-state index in [0.29, 0.717) is 27.7 Å². The van der Waals surface area contributed by atoms with Gasteiger partial charge >= 0.3 is 0 Å². The molecule has 4 rings (SSSR count). The number of para-hydroxylation sites is 1. The molecule has 0 aliphatic carbocycles. The minimum Gasteiger partial charge on any atom is -0.360 e. The zero-order valence-electron chi connectivity index (χ0n) is 15.6. The lowest BCUT2D eigenvalue weighted by molar-refractivity contribution is 0.0791. The average Bonchev–Trinajstić information content (AvgIpc) is 3.24. The molecule has 6 nitrogen and oxygen atoms in total. The van der Waals surface area contributed by atoms with Crippen LogP contribution in [0.15, 0.2) is 53.5 Å².